The Bertz CT molecular complexity index is 1200. The number of hydrogen-bond acceptors (Lipinski definition) is 4. The predicted molar refractivity (Wildman–Crippen MR) is 117 cm³/mol. The Hall–Kier alpha value is -3.67. The van der Waals surface area contributed by atoms with Crippen molar-refractivity contribution < 1.29 is 9.53 Å². The van der Waals surface area contributed by atoms with Crippen molar-refractivity contribution in [3.05, 3.63) is 83.2 Å². The maximum atomic E-state index is 13.1. The van der Waals surface area contributed by atoms with E-state index < -0.39 is 0 Å². The lowest BCUT2D eigenvalue weighted by Gasteiger charge is -2.12. The molecule has 0 radical (unpaired) electrons. The number of para-hydroxylation sites is 2. The number of carbonyl (C=O) groups excluding carboxylic acids is 1. The Morgan fingerprint density at radius 2 is 1.80 bits per heavy atom. The largest absolute Gasteiger partial charge is 0.494 e. The first-order valence-electron chi connectivity index (χ1n) is 9.99. The molecule has 0 bridgehead atoms. The van der Waals surface area contributed by atoms with Crippen LogP contribution in [0.4, 0.5) is 0 Å². The first-order valence-corrected chi connectivity index (χ1v) is 9.99. The number of rotatable bonds is 6. The first kappa shape index (κ1) is 19.6. The van der Waals surface area contributed by atoms with E-state index in [9.17, 15) is 4.79 Å². The molecule has 30 heavy (non-hydrogen) atoms. The fourth-order valence-electron chi connectivity index (χ4n) is 3.56. The van der Waals surface area contributed by atoms with Gasteiger partial charge in [0, 0.05) is 17.8 Å². The maximum Gasteiger partial charge on any atom is 0.252 e. The lowest BCUT2D eigenvalue weighted by atomic mass is 10.1. The zero-order valence-electron chi connectivity index (χ0n) is 17.3. The molecule has 4 aromatic rings. The van der Waals surface area contributed by atoms with E-state index in [1.807, 2.05) is 81.4 Å². The van der Waals surface area contributed by atoms with Gasteiger partial charge in [0.15, 0.2) is 5.65 Å². The number of pyridine rings is 1. The van der Waals surface area contributed by atoms with Crippen molar-refractivity contribution in [2.45, 2.75) is 27.3 Å². The van der Waals surface area contributed by atoms with Crippen LogP contribution >= 0.6 is 0 Å². The average Bonchev–Trinajstić information content (AvgIpc) is 3.09. The Morgan fingerprint density at radius 3 is 2.57 bits per heavy atom. The summed E-state index contributed by atoms with van der Waals surface area (Å²) in [4.78, 5) is 17.8. The van der Waals surface area contributed by atoms with Gasteiger partial charge in [-0.25, -0.2) is 9.67 Å². The predicted octanol–water partition coefficient (Wildman–Crippen LogP) is 4.37. The second kappa shape index (κ2) is 8.37. The summed E-state index contributed by atoms with van der Waals surface area (Å²) in [5.41, 5.74) is 4.63. The summed E-state index contributed by atoms with van der Waals surface area (Å²) in [7, 11) is 0. The number of nitrogens with zero attached hydrogens (tertiary/aromatic N) is 3. The Kier molecular flexibility index (Phi) is 5.48. The molecule has 0 saturated carbocycles. The third-order valence-corrected chi connectivity index (χ3v) is 4.90. The normalized spacial score (nSPS) is 10.9. The van der Waals surface area contributed by atoms with Gasteiger partial charge >= 0.3 is 0 Å². The van der Waals surface area contributed by atoms with Crippen LogP contribution in [0, 0.1) is 13.8 Å². The highest BCUT2D eigenvalue weighted by Crippen LogP contribution is 2.25. The number of nitrogens with one attached hydrogen (secondary N) is 1. The molecule has 0 aliphatic carbocycles. The molecule has 2 aromatic heterocycles. The lowest BCUT2D eigenvalue weighted by Crippen LogP contribution is -2.23. The second-order valence-corrected chi connectivity index (χ2v) is 7.07. The van der Waals surface area contributed by atoms with Crippen LogP contribution in [0.3, 0.4) is 0 Å². The van der Waals surface area contributed by atoms with Crippen LogP contribution in [0.2, 0.25) is 0 Å². The van der Waals surface area contributed by atoms with Gasteiger partial charge in [0.25, 0.3) is 5.91 Å². The van der Waals surface area contributed by atoms with Crippen LogP contribution in [0.15, 0.2) is 60.7 Å². The summed E-state index contributed by atoms with van der Waals surface area (Å²) in [6.45, 7) is 6.69. The molecule has 0 aliphatic rings. The number of fused-ring (bicyclic) bond motifs is 1. The molecule has 0 spiro atoms. The van der Waals surface area contributed by atoms with E-state index in [1.54, 1.807) is 4.68 Å². The van der Waals surface area contributed by atoms with Crippen molar-refractivity contribution in [1.82, 2.24) is 20.1 Å². The third-order valence-electron chi connectivity index (χ3n) is 4.90. The first-order chi connectivity index (χ1) is 14.6. The highest BCUT2D eigenvalue weighted by Gasteiger charge is 2.19. The zero-order valence-corrected chi connectivity index (χ0v) is 17.3. The summed E-state index contributed by atoms with van der Waals surface area (Å²) in [6, 6.07) is 19.4. The van der Waals surface area contributed by atoms with Gasteiger partial charge in [-0.1, -0.05) is 36.4 Å². The molecule has 2 heterocycles. The van der Waals surface area contributed by atoms with E-state index in [0.717, 1.165) is 33.8 Å². The standard InChI is InChI=1S/C24H24N4O2/c1-4-30-21-13-9-8-10-18(21)15-25-24(29)20-14-16(2)26-23-22(20)17(3)27-28(23)19-11-6-5-7-12-19/h5-14H,4,15H2,1-3H3,(H,25,29). The van der Waals surface area contributed by atoms with Crippen LogP contribution < -0.4 is 10.1 Å². The van der Waals surface area contributed by atoms with Gasteiger partial charge in [-0.2, -0.15) is 5.10 Å². The highest BCUT2D eigenvalue weighted by molar-refractivity contribution is 6.06. The Morgan fingerprint density at radius 1 is 1.07 bits per heavy atom. The topological polar surface area (TPSA) is 69.0 Å². The molecule has 1 amide bonds. The number of carbonyl (C=O) groups is 1. The average molecular weight is 400 g/mol. The van der Waals surface area contributed by atoms with Crippen molar-refractivity contribution in [1.29, 1.82) is 0 Å². The number of aromatic nitrogens is 3. The molecule has 0 saturated heterocycles. The molecule has 2 aromatic carbocycles. The number of benzene rings is 2. The SMILES string of the molecule is CCOc1ccccc1CNC(=O)c1cc(C)nc2c1c(C)nn2-c1ccccc1. The molecule has 0 atom stereocenters. The second-order valence-electron chi connectivity index (χ2n) is 7.07. The summed E-state index contributed by atoms with van der Waals surface area (Å²) in [5, 5.41) is 8.44. The van der Waals surface area contributed by atoms with E-state index in [2.05, 4.69) is 15.4 Å². The smallest absolute Gasteiger partial charge is 0.252 e. The van der Waals surface area contributed by atoms with E-state index in [4.69, 9.17) is 4.74 Å². The summed E-state index contributed by atoms with van der Waals surface area (Å²) in [5.74, 6) is 0.622. The van der Waals surface area contributed by atoms with Gasteiger partial charge in [0.05, 0.1) is 28.9 Å². The summed E-state index contributed by atoms with van der Waals surface area (Å²) in [6.07, 6.45) is 0. The van der Waals surface area contributed by atoms with Crippen molar-refractivity contribution in [3.8, 4) is 11.4 Å². The number of amides is 1. The minimum atomic E-state index is -0.160. The Balaban J connectivity index is 1.69. The number of hydrogen-bond donors (Lipinski definition) is 1. The van der Waals surface area contributed by atoms with Crippen LogP contribution in [-0.4, -0.2) is 27.3 Å². The van der Waals surface area contributed by atoms with Gasteiger partial charge < -0.3 is 10.1 Å². The van der Waals surface area contributed by atoms with Crippen LogP contribution in [-0.2, 0) is 6.54 Å². The fraction of sp³-hybridized carbons (Fsp3) is 0.208. The molecule has 6 heteroatoms. The maximum absolute atomic E-state index is 13.1. The minimum absolute atomic E-state index is 0.160. The molecular formula is C24H24N4O2. The van der Waals surface area contributed by atoms with Crippen LogP contribution in [0.5, 0.6) is 5.75 Å². The molecule has 152 valence electrons. The van der Waals surface area contributed by atoms with Crippen molar-refractivity contribution in [2.75, 3.05) is 6.61 Å². The highest BCUT2D eigenvalue weighted by atomic mass is 16.5. The lowest BCUT2D eigenvalue weighted by molar-refractivity contribution is 0.0952. The molecule has 1 N–H and O–H groups in total. The number of aryl methyl sites for hydroxylation is 2. The minimum Gasteiger partial charge on any atom is -0.494 e. The van der Waals surface area contributed by atoms with E-state index in [1.165, 1.54) is 0 Å². The fourth-order valence-corrected chi connectivity index (χ4v) is 3.56. The van der Waals surface area contributed by atoms with E-state index in [0.29, 0.717) is 24.4 Å². The van der Waals surface area contributed by atoms with Gasteiger partial charge in [-0.05, 0) is 45.0 Å². The zero-order chi connectivity index (χ0) is 21.1. The van der Waals surface area contributed by atoms with Crippen molar-refractivity contribution >= 4 is 16.9 Å². The third kappa shape index (κ3) is 3.76. The van der Waals surface area contributed by atoms with Crippen LogP contribution in [0.1, 0.15) is 34.2 Å². The van der Waals surface area contributed by atoms with Gasteiger partial charge in [-0.15, -0.1) is 0 Å². The van der Waals surface area contributed by atoms with Crippen molar-refractivity contribution in [3.63, 3.8) is 0 Å². The summed E-state index contributed by atoms with van der Waals surface area (Å²) < 4.78 is 7.45. The molecule has 0 fully saturated rings. The summed E-state index contributed by atoms with van der Waals surface area (Å²) >= 11 is 0. The molecule has 4 rings (SSSR count). The molecular weight excluding hydrogens is 376 g/mol. The van der Waals surface area contributed by atoms with Gasteiger partial charge in [0.2, 0.25) is 0 Å². The number of ether oxygens (including phenoxy) is 1. The van der Waals surface area contributed by atoms with Gasteiger partial charge in [0.1, 0.15) is 5.75 Å². The van der Waals surface area contributed by atoms with Gasteiger partial charge in [-0.3, -0.25) is 4.79 Å². The quantitative estimate of drug-likeness (QED) is 0.522. The molecule has 6 nitrogen and oxygen atoms in total. The Labute approximate surface area is 175 Å². The molecule has 0 aliphatic heterocycles. The van der Waals surface area contributed by atoms with E-state index in [-0.39, 0.29) is 5.91 Å². The molecule has 0 unspecified atom stereocenters. The van der Waals surface area contributed by atoms with E-state index >= 15 is 0 Å². The monoisotopic (exact) mass is 400 g/mol. The van der Waals surface area contributed by atoms with Crippen molar-refractivity contribution in [2.24, 2.45) is 0 Å². The van der Waals surface area contributed by atoms with Crippen LogP contribution in [0.25, 0.3) is 16.7 Å².